The molecule has 4 N–H and O–H groups in total. The van der Waals surface area contributed by atoms with Crippen LogP contribution in [0.15, 0.2) is 24.4 Å². The third kappa shape index (κ3) is 3.05. The molecule has 0 aromatic rings. The van der Waals surface area contributed by atoms with Crippen LogP contribution in [0, 0.1) is 0 Å². The molecule has 112 valence electrons. The number of hydrogen-bond acceptors (Lipinski definition) is 6. The fourth-order valence-electron chi connectivity index (χ4n) is 1.91. The van der Waals surface area contributed by atoms with E-state index < -0.39 is 37.2 Å². The minimum absolute atomic E-state index is 0.0918. The first-order valence-electron chi connectivity index (χ1n) is 5.93. The van der Waals surface area contributed by atoms with Gasteiger partial charge in [-0.05, 0) is 6.08 Å². The molecule has 0 aromatic heterocycles. The van der Waals surface area contributed by atoms with E-state index in [0.717, 1.165) is 11.0 Å². The van der Waals surface area contributed by atoms with Crippen molar-refractivity contribution in [1.29, 1.82) is 0 Å². The summed E-state index contributed by atoms with van der Waals surface area (Å²) in [6.07, 6.45) is -2.29. The number of carbonyl (C=O) groups excluding carboxylic acids is 2. The minimum Gasteiger partial charge on any atom is -0.394 e. The molecule has 0 radical (unpaired) electrons. The molecule has 1 heterocycles. The molecule has 2 amide bonds. The van der Waals surface area contributed by atoms with Crippen molar-refractivity contribution in [2.45, 2.75) is 24.5 Å². The Morgan fingerprint density at radius 3 is 2.50 bits per heavy atom. The summed E-state index contributed by atoms with van der Waals surface area (Å²) < 4.78 is 5.26. The van der Waals surface area contributed by atoms with Gasteiger partial charge in [-0.2, -0.15) is 0 Å². The quantitative estimate of drug-likeness (QED) is 0.273. The molecule has 0 unspecified atom stereocenters. The van der Waals surface area contributed by atoms with E-state index in [9.17, 15) is 19.8 Å². The Kier molecular flexibility index (Phi) is 5.83. The number of rotatable bonds is 5. The van der Waals surface area contributed by atoms with Crippen LogP contribution in [0.25, 0.3) is 0 Å². The molecule has 8 nitrogen and oxygen atoms in total. The summed E-state index contributed by atoms with van der Waals surface area (Å²) in [6.45, 7) is 2.96. The van der Waals surface area contributed by atoms with E-state index in [2.05, 4.69) is 11.9 Å². The van der Waals surface area contributed by atoms with Gasteiger partial charge < -0.3 is 25.4 Å². The molecular weight excluding hydrogens is 268 g/mol. The Hall–Kier alpha value is -1.74. The van der Waals surface area contributed by atoms with Gasteiger partial charge in [-0.1, -0.05) is 6.58 Å². The average Bonchev–Trinajstić information content (AvgIpc) is 2.74. The van der Waals surface area contributed by atoms with E-state index in [-0.39, 0.29) is 5.70 Å². The van der Waals surface area contributed by atoms with Crippen LogP contribution in [0.2, 0.25) is 0 Å². The average molecular weight is 286 g/mol. The maximum Gasteiger partial charge on any atom is 0.323 e. The van der Waals surface area contributed by atoms with Gasteiger partial charge in [0.05, 0.1) is 12.3 Å². The van der Waals surface area contributed by atoms with Crippen LogP contribution in [0.5, 0.6) is 0 Å². The normalized spacial score (nSPS) is 29.9. The Morgan fingerprint density at radius 2 is 2.10 bits per heavy atom. The third-order valence-electron chi connectivity index (χ3n) is 2.93. The van der Waals surface area contributed by atoms with Crippen molar-refractivity contribution < 1.29 is 29.6 Å². The molecule has 4 atom stereocenters. The molecule has 1 aliphatic rings. The van der Waals surface area contributed by atoms with E-state index >= 15 is 0 Å². The molecule has 0 saturated carbocycles. The number of amides is 2. The van der Waals surface area contributed by atoms with E-state index in [0.29, 0.717) is 6.29 Å². The number of allylic oxidation sites excluding steroid dienone is 2. The summed E-state index contributed by atoms with van der Waals surface area (Å²) in [6, 6.07) is -0.659. The van der Waals surface area contributed by atoms with Crippen LogP contribution < -0.4 is 5.32 Å². The number of aldehydes is 1. The summed E-state index contributed by atoms with van der Waals surface area (Å²) in [5.74, 6) is 0. The molecule has 0 aromatic carbocycles. The molecule has 1 fully saturated rings. The van der Waals surface area contributed by atoms with E-state index in [1.165, 1.54) is 13.1 Å². The van der Waals surface area contributed by atoms with E-state index in [4.69, 9.17) is 9.84 Å². The first-order valence-corrected chi connectivity index (χ1v) is 5.93. The lowest BCUT2D eigenvalue weighted by molar-refractivity contribution is -0.104. The molecule has 8 heteroatoms. The molecule has 1 aliphatic heterocycles. The predicted molar refractivity (Wildman–Crippen MR) is 68.4 cm³/mol. The molecule has 0 spiro atoms. The fraction of sp³-hybridized carbons (Fsp3) is 0.500. The van der Waals surface area contributed by atoms with Crippen molar-refractivity contribution in [2.24, 2.45) is 0 Å². The maximum atomic E-state index is 11.9. The highest BCUT2D eigenvalue weighted by Crippen LogP contribution is 2.26. The van der Waals surface area contributed by atoms with Crippen LogP contribution in [0.4, 0.5) is 4.79 Å². The molecule has 1 saturated heterocycles. The Bertz CT molecular complexity index is 411. The zero-order valence-electron chi connectivity index (χ0n) is 11.0. The Labute approximate surface area is 115 Å². The Morgan fingerprint density at radius 1 is 1.45 bits per heavy atom. The highest BCUT2D eigenvalue weighted by atomic mass is 16.6. The second kappa shape index (κ2) is 7.15. The van der Waals surface area contributed by atoms with Gasteiger partial charge >= 0.3 is 6.03 Å². The monoisotopic (exact) mass is 286 g/mol. The molecule has 0 aliphatic carbocycles. The van der Waals surface area contributed by atoms with Gasteiger partial charge in [-0.25, -0.2) is 4.79 Å². The van der Waals surface area contributed by atoms with Gasteiger partial charge in [0, 0.05) is 13.1 Å². The number of hydrogen-bond donors (Lipinski definition) is 4. The van der Waals surface area contributed by atoms with Gasteiger partial charge in [0.2, 0.25) is 0 Å². The molecule has 20 heavy (non-hydrogen) atoms. The number of nitrogens with one attached hydrogen (secondary N) is 1. The molecule has 1 rings (SSSR count). The van der Waals surface area contributed by atoms with Gasteiger partial charge in [-0.15, -0.1) is 0 Å². The van der Waals surface area contributed by atoms with Gasteiger partial charge in [0.1, 0.15) is 24.6 Å². The first-order chi connectivity index (χ1) is 9.51. The molecule has 0 bridgehead atoms. The summed E-state index contributed by atoms with van der Waals surface area (Å²) >= 11 is 0. The number of aliphatic hydroxyl groups excluding tert-OH is 3. The summed E-state index contributed by atoms with van der Waals surface area (Å²) in [5.41, 5.74) is 0.0918. The van der Waals surface area contributed by atoms with Crippen LogP contribution in [0.1, 0.15) is 0 Å². The van der Waals surface area contributed by atoms with Crippen LogP contribution in [-0.2, 0) is 9.53 Å². The zero-order valence-corrected chi connectivity index (χ0v) is 11.0. The summed E-state index contributed by atoms with van der Waals surface area (Å²) in [7, 11) is 1.36. The van der Waals surface area contributed by atoms with Crippen molar-refractivity contribution in [2.75, 3.05) is 13.7 Å². The number of carbonyl (C=O) groups is 2. The standard InChI is InChI=1S/C12H18N2O6/c1-3-7(4-5-15)14(12(19)13-2)11-10(18)9(17)8(6-16)20-11/h3-5,8-11,16-18H,1,6H2,2H3,(H,13,19)/b7-4-/t8-,9-,10-,11-/m1/s1. The lowest BCUT2D eigenvalue weighted by Gasteiger charge is -2.30. The number of urea groups is 1. The smallest absolute Gasteiger partial charge is 0.323 e. The largest absolute Gasteiger partial charge is 0.394 e. The second-order valence-corrected chi connectivity index (χ2v) is 4.09. The second-order valence-electron chi connectivity index (χ2n) is 4.09. The number of nitrogens with zero attached hydrogens (tertiary/aromatic N) is 1. The lowest BCUT2D eigenvalue weighted by atomic mass is 10.1. The molecular formula is C12H18N2O6. The highest BCUT2D eigenvalue weighted by Gasteiger charge is 2.47. The van der Waals surface area contributed by atoms with Crippen molar-refractivity contribution in [3.63, 3.8) is 0 Å². The lowest BCUT2D eigenvalue weighted by Crippen LogP contribution is -2.49. The van der Waals surface area contributed by atoms with Crippen molar-refractivity contribution in [3.8, 4) is 0 Å². The van der Waals surface area contributed by atoms with Crippen molar-refractivity contribution in [3.05, 3.63) is 24.4 Å². The Balaban J connectivity index is 3.12. The maximum absolute atomic E-state index is 11.9. The zero-order chi connectivity index (χ0) is 15.3. The highest BCUT2D eigenvalue weighted by molar-refractivity contribution is 5.79. The minimum atomic E-state index is -1.43. The summed E-state index contributed by atoms with van der Waals surface area (Å²) in [4.78, 5) is 23.4. The van der Waals surface area contributed by atoms with Gasteiger partial charge in [0.25, 0.3) is 0 Å². The van der Waals surface area contributed by atoms with E-state index in [1.807, 2.05) is 0 Å². The number of ether oxygens (including phenoxy) is 1. The van der Waals surface area contributed by atoms with Crippen molar-refractivity contribution >= 4 is 12.3 Å². The van der Waals surface area contributed by atoms with E-state index in [1.54, 1.807) is 0 Å². The van der Waals surface area contributed by atoms with Crippen LogP contribution in [-0.4, -0.2) is 70.7 Å². The van der Waals surface area contributed by atoms with Gasteiger partial charge in [-0.3, -0.25) is 9.69 Å². The van der Waals surface area contributed by atoms with Crippen molar-refractivity contribution in [1.82, 2.24) is 10.2 Å². The summed E-state index contributed by atoms with van der Waals surface area (Å²) in [5, 5.41) is 31.0. The SMILES string of the molecule is C=C/C(=C/C=O)N(C(=O)NC)[C@@H]1O[C@H](CO)[C@@H](O)[C@H]1O. The van der Waals surface area contributed by atoms with Crippen LogP contribution >= 0.6 is 0 Å². The predicted octanol–water partition coefficient (Wildman–Crippen LogP) is -1.66. The number of aliphatic hydroxyl groups is 3. The fourth-order valence-corrected chi connectivity index (χ4v) is 1.91. The first kappa shape index (κ1) is 16.3. The third-order valence-corrected chi connectivity index (χ3v) is 2.93. The van der Waals surface area contributed by atoms with Gasteiger partial charge in [0.15, 0.2) is 6.23 Å². The van der Waals surface area contributed by atoms with Crippen LogP contribution in [0.3, 0.4) is 0 Å². The topological polar surface area (TPSA) is 119 Å².